The molecule has 0 saturated carbocycles. The molecule has 3 heterocycles. The van der Waals surface area contributed by atoms with E-state index in [4.69, 9.17) is 19.9 Å². The fourth-order valence-electron chi connectivity index (χ4n) is 4.50. The predicted octanol–water partition coefficient (Wildman–Crippen LogP) is 3.09. The number of thiophene rings is 1. The number of ether oxygens (including phenoxy) is 3. The molecule has 0 bridgehead atoms. The zero-order chi connectivity index (χ0) is 26.6. The van der Waals surface area contributed by atoms with Crippen molar-refractivity contribution in [1.82, 2.24) is 9.80 Å². The summed E-state index contributed by atoms with van der Waals surface area (Å²) in [5.74, 6) is -0.565. The number of carbonyl (C=O) groups is 3. The topological polar surface area (TPSA) is 111 Å². The zero-order valence-electron chi connectivity index (χ0n) is 21.7. The average Bonchev–Trinajstić information content (AvgIpc) is 3.38. The zero-order valence-corrected chi connectivity index (χ0v) is 22.5. The minimum absolute atomic E-state index is 0.000989. The van der Waals surface area contributed by atoms with Crippen LogP contribution in [0.2, 0.25) is 0 Å². The van der Waals surface area contributed by atoms with Crippen LogP contribution in [0.3, 0.4) is 0 Å². The number of hydrogen-bond acceptors (Lipinski definition) is 8. The molecule has 0 unspecified atom stereocenters. The number of nitrogens with two attached hydrogens (primary N) is 1. The van der Waals surface area contributed by atoms with E-state index in [1.165, 1.54) is 21.8 Å². The molecule has 1 saturated heterocycles. The third kappa shape index (κ3) is 7.09. The van der Waals surface area contributed by atoms with E-state index in [9.17, 15) is 14.4 Å². The molecule has 37 heavy (non-hydrogen) atoms. The molecule has 1 aromatic heterocycles. The summed E-state index contributed by atoms with van der Waals surface area (Å²) in [6, 6.07) is 7.17. The predicted molar refractivity (Wildman–Crippen MR) is 139 cm³/mol. The maximum absolute atomic E-state index is 13.1. The molecular weight excluding hydrogens is 494 g/mol. The molecule has 1 aromatic carbocycles. The van der Waals surface area contributed by atoms with Gasteiger partial charge in [0.15, 0.2) is 0 Å². The van der Waals surface area contributed by atoms with Crippen LogP contribution >= 0.6 is 11.3 Å². The Kier molecular flexibility index (Phi) is 8.51. The van der Waals surface area contributed by atoms with Crippen molar-refractivity contribution < 1.29 is 28.6 Å². The first kappa shape index (κ1) is 27.1. The molecule has 1 atom stereocenters. The largest absolute Gasteiger partial charge is 0.488 e. The highest BCUT2D eigenvalue weighted by Gasteiger charge is 2.38. The van der Waals surface area contributed by atoms with Gasteiger partial charge < -0.3 is 24.8 Å². The van der Waals surface area contributed by atoms with Crippen LogP contribution in [0.4, 0.5) is 0 Å². The Bertz CT molecular complexity index is 1120. The van der Waals surface area contributed by atoms with Gasteiger partial charge in [-0.2, -0.15) is 0 Å². The van der Waals surface area contributed by atoms with Gasteiger partial charge in [-0.15, -0.1) is 11.3 Å². The molecule has 2 aromatic rings. The second kappa shape index (κ2) is 11.6. The Labute approximate surface area is 221 Å². The Balaban J connectivity index is 1.34. The van der Waals surface area contributed by atoms with Gasteiger partial charge in [0, 0.05) is 48.4 Å². The average molecular weight is 530 g/mol. The van der Waals surface area contributed by atoms with Crippen LogP contribution in [0.15, 0.2) is 29.6 Å². The van der Waals surface area contributed by atoms with Crippen molar-refractivity contribution in [1.29, 1.82) is 0 Å². The minimum Gasteiger partial charge on any atom is -0.488 e. The van der Waals surface area contributed by atoms with E-state index in [1.54, 1.807) is 26.2 Å². The molecule has 0 spiro atoms. The lowest BCUT2D eigenvalue weighted by Crippen LogP contribution is -2.45. The van der Waals surface area contributed by atoms with Crippen LogP contribution in [-0.2, 0) is 38.8 Å². The van der Waals surface area contributed by atoms with E-state index >= 15 is 0 Å². The molecule has 9 nitrogen and oxygen atoms in total. The van der Waals surface area contributed by atoms with E-state index in [0.717, 1.165) is 49.0 Å². The van der Waals surface area contributed by atoms with Crippen molar-refractivity contribution in [2.24, 2.45) is 5.73 Å². The molecule has 1 fully saturated rings. The van der Waals surface area contributed by atoms with Gasteiger partial charge in [0.1, 0.15) is 24.0 Å². The maximum Gasteiger partial charge on any atom is 0.306 e. The summed E-state index contributed by atoms with van der Waals surface area (Å²) in [7, 11) is 0. The number of fused-ring (bicyclic) bond motifs is 1. The third-order valence-corrected chi connectivity index (χ3v) is 7.35. The van der Waals surface area contributed by atoms with Crippen LogP contribution in [0.5, 0.6) is 5.75 Å². The van der Waals surface area contributed by atoms with Crippen molar-refractivity contribution in [3.63, 3.8) is 0 Å². The van der Waals surface area contributed by atoms with E-state index in [-0.39, 0.29) is 25.3 Å². The maximum atomic E-state index is 13.1. The lowest BCUT2D eigenvalue weighted by Gasteiger charge is -2.26. The summed E-state index contributed by atoms with van der Waals surface area (Å²) < 4.78 is 16.7. The standard InChI is InChI=1S/C27H35N3O6S/c1-27(2,3)36-24(31)9-8-22(25(28)32)30-15-20-21(26(30)33)17-37-23(20)16-35-19-6-4-18(5-7-19)14-29-10-12-34-13-11-29/h4-7,17,22H,8-16H2,1-3H3,(H2,28,32)/t22-/m0/s1. The summed E-state index contributed by atoms with van der Waals surface area (Å²) in [5, 5.41) is 1.80. The van der Waals surface area contributed by atoms with Crippen molar-refractivity contribution >= 4 is 29.1 Å². The second-order valence-electron chi connectivity index (χ2n) is 10.3. The monoisotopic (exact) mass is 529 g/mol. The molecular formula is C27H35N3O6S. The highest BCUT2D eigenvalue weighted by molar-refractivity contribution is 7.10. The van der Waals surface area contributed by atoms with Crippen molar-refractivity contribution in [3.05, 3.63) is 51.2 Å². The Morgan fingerprint density at radius 2 is 1.86 bits per heavy atom. The quantitative estimate of drug-likeness (QED) is 0.471. The number of rotatable bonds is 10. The van der Waals surface area contributed by atoms with E-state index < -0.39 is 23.5 Å². The third-order valence-electron chi connectivity index (χ3n) is 6.35. The normalized spacial score (nSPS) is 16.9. The SMILES string of the molecule is CC(C)(C)OC(=O)CC[C@@H](C(N)=O)N1Cc2c(csc2COc2ccc(CN3CCOCC3)cc2)C1=O. The number of benzene rings is 1. The summed E-state index contributed by atoms with van der Waals surface area (Å²) in [4.78, 5) is 42.1. The van der Waals surface area contributed by atoms with Gasteiger partial charge >= 0.3 is 5.97 Å². The summed E-state index contributed by atoms with van der Waals surface area (Å²) in [5.41, 5.74) is 7.63. The Morgan fingerprint density at radius 1 is 1.16 bits per heavy atom. The molecule has 0 radical (unpaired) electrons. The highest BCUT2D eigenvalue weighted by Crippen LogP contribution is 2.34. The van der Waals surface area contributed by atoms with Crippen molar-refractivity contribution in [2.75, 3.05) is 26.3 Å². The van der Waals surface area contributed by atoms with E-state index in [1.807, 2.05) is 12.1 Å². The van der Waals surface area contributed by atoms with Crippen molar-refractivity contribution in [3.8, 4) is 5.75 Å². The first-order chi connectivity index (χ1) is 17.6. The first-order valence-corrected chi connectivity index (χ1v) is 13.4. The molecule has 2 aliphatic rings. The van der Waals surface area contributed by atoms with Gasteiger partial charge in [-0.3, -0.25) is 19.3 Å². The van der Waals surface area contributed by atoms with Crippen LogP contribution in [0, 0.1) is 0 Å². The summed E-state index contributed by atoms with van der Waals surface area (Å²) in [6.45, 7) is 10.2. The molecule has 2 amide bonds. The molecule has 2 aliphatic heterocycles. The lowest BCUT2D eigenvalue weighted by molar-refractivity contribution is -0.155. The second-order valence-corrected chi connectivity index (χ2v) is 11.3. The number of amides is 2. The van der Waals surface area contributed by atoms with Crippen LogP contribution in [0.25, 0.3) is 0 Å². The van der Waals surface area contributed by atoms with Crippen LogP contribution < -0.4 is 10.5 Å². The molecule has 10 heteroatoms. The van der Waals surface area contributed by atoms with Gasteiger partial charge in [-0.05, 0) is 44.9 Å². The minimum atomic E-state index is -0.884. The van der Waals surface area contributed by atoms with Gasteiger partial charge in [-0.25, -0.2) is 0 Å². The number of nitrogens with zero attached hydrogens (tertiary/aromatic N) is 2. The smallest absolute Gasteiger partial charge is 0.306 e. The fourth-order valence-corrected chi connectivity index (χ4v) is 5.45. The van der Waals surface area contributed by atoms with Gasteiger partial charge in [-0.1, -0.05) is 12.1 Å². The number of esters is 1. The molecule has 2 N–H and O–H groups in total. The fraction of sp³-hybridized carbons (Fsp3) is 0.519. The molecule has 0 aliphatic carbocycles. The summed E-state index contributed by atoms with van der Waals surface area (Å²) in [6.07, 6.45) is 0.116. The lowest BCUT2D eigenvalue weighted by atomic mass is 10.1. The first-order valence-electron chi connectivity index (χ1n) is 12.5. The Hall–Kier alpha value is -2.95. The number of hydrogen-bond donors (Lipinski definition) is 1. The summed E-state index contributed by atoms with van der Waals surface area (Å²) >= 11 is 1.47. The number of carbonyl (C=O) groups excluding carboxylic acids is 3. The number of morpholine rings is 1. The van der Waals surface area contributed by atoms with E-state index in [2.05, 4.69) is 17.0 Å². The van der Waals surface area contributed by atoms with Crippen molar-refractivity contribution in [2.45, 2.75) is 65.0 Å². The van der Waals surface area contributed by atoms with Crippen LogP contribution in [0.1, 0.15) is 60.0 Å². The van der Waals surface area contributed by atoms with E-state index in [0.29, 0.717) is 12.2 Å². The number of primary amides is 1. The van der Waals surface area contributed by atoms with Gasteiger partial charge in [0.05, 0.1) is 18.8 Å². The van der Waals surface area contributed by atoms with Crippen LogP contribution in [-0.4, -0.2) is 65.5 Å². The Morgan fingerprint density at radius 3 is 2.51 bits per heavy atom. The molecule has 200 valence electrons. The molecule has 4 rings (SSSR count). The van der Waals surface area contributed by atoms with Gasteiger partial charge in [0.2, 0.25) is 5.91 Å². The van der Waals surface area contributed by atoms with Gasteiger partial charge in [0.25, 0.3) is 5.91 Å². The highest BCUT2D eigenvalue weighted by atomic mass is 32.1.